The number of amides is 1. The normalized spacial score (nSPS) is 24.1. The van der Waals surface area contributed by atoms with E-state index in [0.29, 0.717) is 31.1 Å². The van der Waals surface area contributed by atoms with Crippen LogP contribution in [-0.2, 0) is 17.8 Å². The second-order valence-electron chi connectivity index (χ2n) is 7.77. The van der Waals surface area contributed by atoms with E-state index in [1.807, 2.05) is 24.3 Å². The van der Waals surface area contributed by atoms with Crippen molar-refractivity contribution in [1.29, 1.82) is 0 Å². The average Bonchev–Trinajstić information content (AvgIpc) is 3.09. The van der Waals surface area contributed by atoms with E-state index in [2.05, 4.69) is 29.7 Å². The second-order valence-corrected chi connectivity index (χ2v) is 7.77. The van der Waals surface area contributed by atoms with Crippen LogP contribution in [0.3, 0.4) is 0 Å². The first-order valence-electron chi connectivity index (χ1n) is 9.97. The fourth-order valence-electron chi connectivity index (χ4n) is 3.67. The Labute approximate surface area is 160 Å². The molecule has 3 atom stereocenters. The molecule has 1 saturated carbocycles. The van der Waals surface area contributed by atoms with Gasteiger partial charge in [-0.2, -0.15) is 0 Å². The van der Waals surface area contributed by atoms with Gasteiger partial charge in [-0.25, -0.2) is 0 Å². The molecule has 1 aliphatic carbocycles. The minimum Gasteiger partial charge on any atom is -0.464 e. The quantitative estimate of drug-likeness (QED) is 0.747. The number of carbonyl (C=O) groups excluding carboxylic acids is 1. The summed E-state index contributed by atoms with van der Waals surface area (Å²) in [6.07, 6.45) is 3.51. The van der Waals surface area contributed by atoms with Crippen molar-refractivity contribution in [3.63, 3.8) is 0 Å². The highest BCUT2D eigenvalue weighted by Gasteiger charge is 2.36. The van der Waals surface area contributed by atoms with Gasteiger partial charge in [0.25, 0.3) is 5.91 Å². The summed E-state index contributed by atoms with van der Waals surface area (Å²) in [4.78, 5) is 12.3. The molecule has 5 nitrogen and oxygen atoms in total. The van der Waals surface area contributed by atoms with Crippen LogP contribution in [0.5, 0.6) is 0 Å². The third-order valence-electron chi connectivity index (χ3n) is 5.49. The molecule has 2 aromatic rings. The molecule has 2 fully saturated rings. The molecule has 1 aromatic heterocycles. The lowest BCUT2D eigenvalue weighted by Gasteiger charge is -2.11. The van der Waals surface area contributed by atoms with Gasteiger partial charge in [-0.3, -0.25) is 4.79 Å². The van der Waals surface area contributed by atoms with Gasteiger partial charge in [0.05, 0.1) is 12.6 Å². The maximum atomic E-state index is 12.3. The van der Waals surface area contributed by atoms with Gasteiger partial charge in [-0.05, 0) is 55.0 Å². The number of ether oxygens (including phenoxy) is 1. The molecule has 0 radical (unpaired) electrons. The lowest BCUT2D eigenvalue weighted by molar-refractivity contribution is 0.0857. The van der Waals surface area contributed by atoms with Crippen LogP contribution in [-0.4, -0.2) is 25.2 Å². The van der Waals surface area contributed by atoms with E-state index in [-0.39, 0.29) is 12.0 Å². The number of furan rings is 1. The smallest absolute Gasteiger partial charge is 0.251 e. The van der Waals surface area contributed by atoms with Crippen LogP contribution in [0.15, 0.2) is 40.8 Å². The van der Waals surface area contributed by atoms with E-state index in [1.54, 1.807) is 0 Å². The molecule has 3 unspecified atom stereocenters. The minimum absolute atomic E-state index is 0.0402. The topological polar surface area (TPSA) is 63.5 Å². The number of carbonyl (C=O) groups is 1. The molecule has 2 N–H and O–H groups in total. The first kappa shape index (κ1) is 18.3. The number of benzene rings is 1. The third kappa shape index (κ3) is 4.79. The van der Waals surface area contributed by atoms with Gasteiger partial charge in [0.1, 0.15) is 11.5 Å². The van der Waals surface area contributed by atoms with Crippen LogP contribution >= 0.6 is 0 Å². The summed E-state index contributed by atoms with van der Waals surface area (Å²) in [5.74, 6) is 3.41. The molecule has 27 heavy (non-hydrogen) atoms. The summed E-state index contributed by atoms with van der Waals surface area (Å²) in [5, 5.41) is 6.37. The van der Waals surface area contributed by atoms with Crippen molar-refractivity contribution in [2.45, 2.75) is 51.3 Å². The van der Waals surface area contributed by atoms with E-state index < -0.39 is 0 Å². The van der Waals surface area contributed by atoms with Crippen molar-refractivity contribution in [2.24, 2.45) is 5.92 Å². The summed E-state index contributed by atoms with van der Waals surface area (Å²) in [5.41, 5.74) is 1.78. The van der Waals surface area contributed by atoms with Crippen LogP contribution in [0.25, 0.3) is 0 Å². The average molecular weight is 368 g/mol. The van der Waals surface area contributed by atoms with Gasteiger partial charge in [0.2, 0.25) is 0 Å². The zero-order valence-corrected chi connectivity index (χ0v) is 15.9. The van der Waals surface area contributed by atoms with Gasteiger partial charge in [-0.15, -0.1) is 0 Å². The summed E-state index contributed by atoms with van der Waals surface area (Å²) in [7, 11) is 0. The molecule has 0 spiro atoms. The molecule has 1 amide bonds. The SMILES string of the molecule is CC1CC1c1ccc(CNCc2cccc(C(=O)NCC3CCCO3)c2)o1. The molecule has 5 heteroatoms. The molecule has 1 aliphatic heterocycles. The van der Waals surface area contributed by atoms with E-state index in [4.69, 9.17) is 9.15 Å². The van der Waals surface area contributed by atoms with Gasteiger partial charge >= 0.3 is 0 Å². The Bertz CT molecular complexity index is 779. The van der Waals surface area contributed by atoms with Crippen LogP contribution in [0, 0.1) is 5.92 Å². The van der Waals surface area contributed by atoms with E-state index in [1.165, 1.54) is 6.42 Å². The number of rotatable bonds is 8. The van der Waals surface area contributed by atoms with Crippen molar-refractivity contribution in [2.75, 3.05) is 13.2 Å². The predicted octanol–water partition coefficient (Wildman–Crippen LogP) is 3.60. The monoisotopic (exact) mass is 368 g/mol. The summed E-state index contributed by atoms with van der Waals surface area (Å²) >= 11 is 0. The standard InChI is InChI=1S/C22H28N2O3/c1-15-10-20(15)21-8-7-19(27-21)13-23-12-16-4-2-5-17(11-16)22(25)24-14-18-6-3-9-26-18/h2,4-5,7-8,11,15,18,20,23H,3,6,9-10,12-14H2,1H3,(H,24,25). The highest BCUT2D eigenvalue weighted by molar-refractivity contribution is 5.94. The number of hydrogen-bond donors (Lipinski definition) is 2. The highest BCUT2D eigenvalue weighted by atomic mass is 16.5. The molecular formula is C22H28N2O3. The van der Waals surface area contributed by atoms with Crippen molar-refractivity contribution < 1.29 is 13.9 Å². The fourth-order valence-corrected chi connectivity index (χ4v) is 3.67. The van der Waals surface area contributed by atoms with Crippen LogP contribution in [0.1, 0.15) is 59.5 Å². The molecule has 144 valence electrons. The molecular weight excluding hydrogens is 340 g/mol. The molecule has 0 bridgehead atoms. The van der Waals surface area contributed by atoms with Gasteiger partial charge in [0, 0.05) is 31.2 Å². The first-order valence-corrected chi connectivity index (χ1v) is 9.97. The largest absolute Gasteiger partial charge is 0.464 e. The Morgan fingerprint density at radius 3 is 2.89 bits per heavy atom. The Balaban J connectivity index is 1.24. The zero-order chi connectivity index (χ0) is 18.6. The molecule has 4 rings (SSSR count). The lowest BCUT2D eigenvalue weighted by atomic mass is 10.1. The molecule has 1 saturated heterocycles. The summed E-state index contributed by atoms with van der Waals surface area (Å²) in [6, 6.07) is 11.9. The molecule has 2 aliphatic rings. The zero-order valence-electron chi connectivity index (χ0n) is 15.9. The van der Waals surface area contributed by atoms with Crippen molar-refractivity contribution in [3.8, 4) is 0 Å². The van der Waals surface area contributed by atoms with Gasteiger partial charge in [0.15, 0.2) is 0 Å². The second kappa shape index (κ2) is 8.28. The molecule has 2 heterocycles. The van der Waals surface area contributed by atoms with E-state index in [9.17, 15) is 4.79 Å². The Hall–Kier alpha value is -2.11. The van der Waals surface area contributed by atoms with E-state index >= 15 is 0 Å². The Kier molecular flexibility index (Phi) is 5.60. The number of hydrogen-bond acceptors (Lipinski definition) is 4. The minimum atomic E-state index is -0.0402. The first-order chi connectivity index (χ1) is 13.2. The van der Waals surface area contributed by atoms with Crippen molar-refractivity contribution >= 4 is 5.91 Å². The van der Waals surface area contributed by atoms with Crippen molar-refractivity contribution in [3.05, 3.63) is 59.0 Å². The Morgan fingerprint density at radius 2 is 2.11 bits per heavy atom. The predicted molar refractivity (Wildman–Crippen MR) is 104 cm³/mol. The fraction of sp³-hybridized carbons (Fsp3) is 0.500. The number of nitrogens with one attached hydrogen (secondary N) is 2. The Morgan fingerprint density at radius 1 is 1.22 bits per heavy atom. The summed E-state index contributed by atoms with van der Waals surface area (Å²) in [6.45, 7) is 5.04. The van der Waals surface area contributed by atoms with Gasteiger partial charge < -0.3 is 19.8 Å². The maximum Gasteiger partial charge on any atom is 0.251 e. The van der Waals surface area contributed by atoms with E-state index in [0.717, 1.165) is 42.5 Å². The lowest BCUT2D eigenvalue weighted by Crippen LogP contribution is -2.31. The van der Waals surface area contributed by atoms with Crippen molar-refractivity contribution in [1.82, 2.24) is 10.6 Å². The highest BCUT2D eigenvalue weighted by Crippen LogP contribution is 2.47. The van der Waals surface area contributed by atoms with Gasteiger partial charge in [-0.1, -0.05) is 19.1 Å². The van der Waals surface area contributed by atoms with Crippen LogP contribution in [0.4, 0.5) is 0 Å². The van der Waals surface area contributed by atoms with Crippen LogP contribution in [0.2, 0.25) is 0 Å². The maximum absolute atomic E-state index is 12.3. The van der Waals surface area contributed by atoms with Crippen LogP contribution < -0.4 is 10.6 Å². The summed E-state index contributed by atoms with van der Waals surface area (Å²) < 4.78 is 11.5. The molecule has 1 aromatic carbocycles. The third-order valence-corrected chi connectivity index (χ3v) is 5.49.